The van der Waals surface area contributed by atoms with Crippen LogP contribution in [-0.2, 0) is 0 Å². The van der Waals surface area contributed by atoms with Gasteiger partial charge in [-0.25, -0.2) is 14.5 Å². The molecule has 1 amide bonds. The molecule has 5 heterocycles. The van der Waals surface area contributed by atoms with Gasteiger partial charge >= 0.3 is 0 Å². The lowest BCUT2D eigenvalue weighted by Gasteiger charge is -2.29. The molecule has 4 aromatic heterocycles. The Bertz CT molecular complexity index is 1150. The molecule has 1 aliphatic rings. The van der Waals surface area contributed by atoms with Crippen molar-refractivity contribution in [1.82, 2.24) is 34.8 Å². The van der Waals surface area contributed by atoms with Crippen LogP contribution in [-0.4, -0.2) is 61.6 Å². The average Bonchev–Trinajstić information content (AvgIpc) is 3.35. The summed E-state index contributed by atoms with van der Waals surface area (Å²) in [7, 11) is 2.11. The number of amides is 1. The summed E-state index contributed by atoms with van der Waals surface area (Å²) in [6, 6.07) is 5.95. The van der Waals surface area contributed by atoms with E-state index in [1.807, 2.05) is 30.6 Å². The number of H-pyrrole nitrogens is 1. The molecule has 0 aliphatic carbocycles. The number of hydrogen-bond donors (Lipinski definition) is 2. The van der Waals surface area contributed by atoms with Crippen molar-refractivity contribution in [3.8, 4) is 11.3 Å². The number of pyridine rings is 1. The van der Waals surface area contributed by atoms with Crippen molar-refractivity contribution in [3.05, 3.63) is 48.5 Å². The fraction of sp³-hybridized carbons (Fsp3) is 0.300. The minimum atomic E-state index is -0.0749. The average molecular weight is 375 g/mol. The van der Waals surface area contributed by atoms with Crippen LogP contribution >= 0.6 is 0 Å². The van der Waals surface area contributed by atoms with Gasteiger partial charge in [0.25, 0.3) is 5.91 Å². The summed E-state index contributed by atoms with van der Waals surface area (Å²) in [5.74, 6) is -0.0749. The lowest BCUT2D eigenvalue weighted by molar-refractivity contribution is 0.0916. The van der Waals surface area contributed by atoms with Gasteiger partial charge in [-0.1, -0.05) is 0 Å². The molecular weight excluding hydrogens is 354 g/mol. The number of aromatic amines is 1. The minimum Gasteiger partial charge on any atom is -0.349 e. The van der Waals surface area contributed by atoms with Crippen molar-refractivity contribution in [1.29, 1.82) is 0 Å². The number of fused-ring (bicyclic) bond motifs is 2. The normalized spacial score (nSPS) is 16.0. The second-order valence-corrected chi connectivity index (χ2v) is 7.32. The highest BCUT2D eigenvalue weighted by Crippen LogP contribution is 2.27. The third kappa shape index (κ3) is 3.01. The monoisotopic (exact) mass is 375 g/mol. The lowest BCUT2D eigenvalue weighted by Crippen LogP contribution is -2.43. The maximum Gasteiger partial charge on any atom is 0.253 e. The van der Waals surface area contributed by atoms with E-state index in [1.165, 1.54) is 0 Å². The lowest BCUT2D eigenvalue weighted by atomic mass is 10.0. The van der Waals surface area contributed by atoms with Crippen LogP contribution < -0.4 is 5.32 Å². The van der Waals surface area contributed by atoms with Crippen molar-refractivity contribution in [2.45, 2.75) is 18.9 Å². The van der Waals surface area contributed by atoms with Gasteiger partial charge in [0.15, 0.2) is 5.65 Å². The number of nitrogens with zero attached hydrogens (tertiary/aromatic N) is 5. The zero-order valence-corrected chi connectivity index (χ0v) is 15.6. The van der Waals surface area contributed by atoms with Gasteiger partial charge in [-0.3, -0.25) is 4.79 Å². The highest BCUT2D eigenvalue weighted by Gasteiger charge is 2.20. The van der Waals surface area contributed by atoms with Crippen molar-refractivity contribution < 1.29 is 4.79 Å². The van der Waals surface area contributed by atoms with Crippen molar-refractivity contribution in [3.63, 3.8) is 0 Å². The molecule has 8 nitrogen and oxygen atoms in total. The number of likely N-dealkylation sites (tertiary alicyclic amines) is 1. The Morgan fingerprint density at radius 1 is 1.25 bits per heavy atom. The van der Waals surface area contributed by atoms with Crippen LogP contribution in [0.15, 0.2) is 43.0 Å². The molecule has 0 bridgehead atoms. The fourth-order valence-electron chi connectivity index (χ4n) is 3.72. The maximum absolute atomic E-state index is 12.7. The third-order valence-corrected chi connectivity index (χ3v) is 5.38. The molecule has 1 fully saturated rings. The number of carbonyl (C=O) groups is 1. The summed E-state index contributed by atoms with van der Waals surface area (Å²) < 4.78 is 1.73. The van der Waals surface area contributed by atoms with Gasteiger partial charge in [0, 0.05) is 41.8 Å². The Hall–Kier alpha value is -3.26. The van der Waals surface area contributed by atoms with Crippen LogP contribution in [0.1, 0.15) is 23.2 Å². The van der Waals surface area contributed by atoms with E-state index in [2.05, 4.69) is 37.3 Å². The molecule has 28 heavy (non-hydrogen) atoms. The molecule has 0 unspecified atom stereocenters. The molecular formula is C20H21N7O. The summed E-state index contributed by atoms with van der Waals surface area (Å²) in [6.45, 7) is 2.01. The first-order chi connectivity index (χ1) is 13.7. The summed E-state index contributed by atoms with van der Waals surface area (Å²) in [5.41, 5.74) is 3.80. The number of imidazole rings is 1. The maximum atomic E-state index is 12.7. The van der Waals surface area contributed by atoms with Gasteiger partial charge in [0.1, 0.15) is 5.65 Å². The molecule has 8 heteroatoms. The van der Waals surface area contributed by atoms with Crippen LogP contribution in [0.5, 0.6) is 0 Å². The zero-order chi connectivity index (χ0) is 19.1. The van der Waals surface area contributed by atoms with Crippen LogP contribution in [0.25, 0.3) is 27.9 Å². The highest BCUT2D eigenvalue weighted by molar-refractivity contribution is 6.00. The van der Waals surface area contributed by atoms with Crippen molar-refractivity contribution in [2.24, 2.45) is 0 Å². The van der Waals surface area contributed by atoms with E-state index < -0.39 is 0 Å². The molecule has 0 atom stereocenters. The molecule has 1 saturated heterocycles. The van der Waals surface area contributed by atoms with Crippen LogP contribution in [0, 0.1) is 0 Å². The van der Waals surface area contributed by atoms with Gasteiger partial charge in [-0.15, -0.1) is 0 Å². The number of nitrogens with one attached hydrogen (secondary N) is 2. The predicted octanol–water partition coefficient (Wildman–Crippen LogP) is 2.10. The quantitative estimate of drug-likeness (QED) is 0.572. The van der Waals surface area contributed by atoms with E-state index in [4.69, 9.17) is 0 Å². The topological polar surface area (TPSA) is 91.2 Å². The van der Waals surface area contributed by atoms with Crippen LogP contribution in [0.4, 0.5) is 0 Å². The molecule has 0 saturated carbocycles. The number of piperidine rings is 1. The Morgan fingerprint density at radius 2 is 2.11 bits per heavy atom. The van der Waals surface area contributed by atoms with Crippen molar-refractivity contribution in [2.75, 3.05) is 20.1 Å². The standard InChI is InChI=1S/C20H21N7O/c1-26-7-4-14(5-8-26)24-20(28)13-10-15-16(12-23-19(15)22-11-13)17-2-3-18-21-6-9-27(18)25-17/h2-3,6,9-12,14H,4-5,7-8H2,1H3,(H,22,23)(H,24,28). The summed E-state index contributed by atoms with van der Waals surface area (Å²) in [6.07, 6.45) is 8.98. The Kier molecular flexibility index (Phi) is 4.05. The molecule has 5 rings (SSSR count). The third-order valence-electron chi connectivity index (χ3n) is 5.38. The summed E-state index contributed by atoms with van der Waals surface area (Å²) >= 11 is 0. The molecule has 142 valence electrons. The Morgan fingerprint density at radius 3 is 2.96 bits per heavy atom. The minimum absolute atomic E-state index is 0.0749. The van der Waals surface area contributed by atoms with Gasteiger partial charge in [-0.05, 0) is 51.2 Å². The van der Waals surface area contributed by atoms with E-state index >= 15 is 0 Å². The van der Waals surface area contributed by atoms with E-state index in [-0.39, 0.29) is 11.9 Å². The molecule has 4 aromatic rings. The van der Waals surface area contributed by atoms with Gasteiger partial charge in [0.2, 0.25) is 0 Å². The smallest absolute Gasteiger partial charge is 0.253 e. The largest absolute Gasteiger partial charge is 0.349 e. The van der Waals surface area contributed by atoms with Gasteiger partial charge in [0.05, 0.1) is 11.3 Å². The number of rotatable bonds is 3. The second kappa shape index (κ2) is 6.72. The number of carbonyl (C=O) groups excluding carboxylic acids is 1. The number of hydrogen-bond acceptors (Lipinski definition) is 5. The molecule has 2 N–H and O–H groups in total. The summed E-state index contributed by atoms with van der Waals surface area (Å²) in [5, 5.41) is 8.63. The predicted molar refractivity (Wildman–Crippen MR) is 106 cm³/mol. The van der Waals surface area contributed by atoms with Crippen LogP contribution in [0.3, 0.4) is 0 Å². The SMILES string of the molecule is CN1CCC(NC(=O)c2cnc3[nH]cc(-c4ccc5nccn5n4)c3c2)CC1. The Balaban J connectivity index is 1.45. The van der Waals surface area contributed by atoms with E-state index in [0.717, 1.165) is 53.9 Å². The zero-order valence-electron chi connectivity index (χ0n) is 15.6. The summed E-state index contributed by atoms with van der Waals surface area (Å²) in [4.78, 5) is 26.9. The van der Waals surface area contributed by atoms with Gasteiger partial charge < -0.3 is 15.2 Å². The number of aromatic nitrogens is 5. The molecule has 0 aromatic carbocycles. The Labute approximate surface area is 161 Å². The van der Waals surface area contributed by atoms with E-state index in [9.17, 15) is 4.79 Å². The molecule has 1 aliphatic heterocycles. The fourth-order valence-corrected chi connectivity index (χ4v) is 3.72. The molecule has 0 radical (unpaired) electrons. The highest BCUT2D eigenvalue weighted by atomic mass is 16.1. The first kappa shape index (κ1) is 16.9. The van der Waals surface area contributed by atoms with Crippen molar-refractivity contribution >= 4 is 22.6 Å². The van der Waals surface area contributed by atoms with E-state index in [1.54, 1.807) is 16.9 Å². The van der Waals surface area contributed by atoms with E-state index in [0.29, 0.717) is 5.56 Å². The second-order valence-electron chi connectivity index (χ2n) is 7.32. The molecule has 0 spiro atoms. The first-order valence-electron chi connectivity index (χ1n) is 9.45. The van der Waals surface area contributed by atoms with Crippen LogP contribution in [0.2, 0.25) is 0 Å². The van der Waals surface area contributed by atoms with Gasteiger partial charge in [-0.2, -0.15) is 5.10 Å². The first-order valence-corrected chi connectivity index (χ1v) is 9.45.